The summed E-state index contributed by atoms with van der Waals surface area (Å²) in [6, 6.07) is 25.9. The summed E-state index contributed by atoms with van der Waals surface area (Å²) in [5.41, 5.74) is 2.04. The predicted molar refractivity (Wildman–Crippen MR) is 96.8 cm³/mol. The zero-order valence-electron chi connectivity index (χ0n) is 13.3. The van der Waals surface area contributed by atoms with Crippen molar-refractivity contribution >= 4 is 17.4 Å². The van der Waals surface area contributed by atoms with Gasteiger partial charge in [0, 0.05) is 5.56 Å². The Bertz CT molecular complexity index is 772. The number of hydrogen-bond donors (Lipinski definition) is 0. The highest BCUT2D eigenvalue weighted by Gasteiger charge is 2.40. The smallest absolute Gasteiger partial charge is 0.192 e. The van der Waals surface area contributed by atoms with Crippen LogP contribution in [0.2, 0.25) is 0 Å². The fraction of sp³-hybridized carbons (Fsp3) is 0.0952. The van der Waals surface area contributed by atoms with Gasteiger partial charge in [-0.25, -0.2) is 0 Å². The van der Waals surface area contributed by atoms with Crippen LogP contribution in [-0.4, -0.2) is 12.9 Å². The molecule has 0 aliphatic rings. The number of carbonyl (C=O) groups is 1. The van der Waals surface area contributed by atoms with Gasteiger partial charge >= 0.3 is 0 Å². The highest BCUT2D eigenvalue weighted by Crippen LogP contribution is 2.39. The molecular formula is C21H17ClO2. The van der Waals surface area contributed by atoms with E-state index in [9.17, 15) is 4.79 Å². The summed E-state index contributed by atoms with van der Waals surface area (Å²) in [4.78, 5) is 12.0. The molecule has 120 valence electrons. The van der Waals surface area contributed by atoms with Crippen molar-refractivity contribution in [3.8, 4) is 5.75 Å². The average Bonchev–Trinajstić information content (AvgIpc) is 2.68. The monoisotopic (exact) mass is 336 g/mol. The number of Topliss-reactive ketones (excluding diaryl/α,β-unsaturated/α-hetero) is 1. The van der Waals surface area contributed by atoms with Gasteiger partial charge in [0.2, 0.25) is 0 Å². The van der Waals surface area contributed by atoms with Gasteiger partial charge in [-0.05, 0) is 35.4 Å². The van der Waals surface area contributed by atoms with E-state index in [1.54, 1.807) is 31.4 Å². The fourth-order valence-electron chi connectivity index (χ4n) is 2.71. The lowest BCUT2D eigenvalue weighted by atomic mass is 9.84. The van der Waals surface area contributed by atoms with E-state index < -0.39 is 4.87 Å². The lowest BCUT2D eigenvalue weighted by Gasteiger charge is -2.27. The zero-order chi connectivity index (χ0) is 17.0. The van der Waals surface area contributed by atoms with E-state index in [0.717, 1.165) is 11.1 Å². The van der Waals surface area contributed by atoms with Crippen LogP contribution in [-0.2, 0) is 4.87 Å². The minimum atomic E-state index is -1.27. The number of methoxy groups -OCH3 is 1. The molecule has 0 aliphatic heterocycles. The first-order valence-electron chi connectivity index (χ1n) is 7.65. The number of halogens is 1. The fourth-order valence-corrected chi connectivity index (χ4v) is 3.07. The van der Waals surface area contributed by atoms with Gasteiger partial charge < -0.3 is 4.74 Å². The van der Waals surface area contributed by atoms with E-state index >= 15 is 0 Å². The minimum absolute atomic E-state index is 0.163. The molecule has 0 saturated carbocycles. The number of hydrogen-bond acceptors (Lipinski definition) is 2. The van der Waals surface area contributed by atoms with Crippen molar-refractivity contribution in [2.75, 3.05) is 7.11 Å². The normalized spacial score (nSPS) is 11.1. The van der Waals surface area contributed by atoms with Gasteiger partial charge in [0.25, 0.3) is 0 Å². The second-order valence-electron chi connectivity index (χ2n) is 5.45. The van der Waals surface area contributed by atoms with Crippen LogP contribution in [0.5, 0.6) is 5.75 Å². The highest BCUT2D eigenvalue weighted by molar-refractivity contribution is 6.40. The molecule has 0 unspecified atom stereocenters. The molecule has 0 aliphatic carbocycles. The Labute approximate surface area is 146 Å². The minimum Gasteiger partial charge on any atom is -0.497 e. The maximum absolute atomic E-state index is 13.3. The molecule has 0 saturated heterocycles. The molecule has 3 aromatic rings. The Morgan fingerprint density at radius 2 is 1.25 bits per heavy atom. The summed E-state index contributed by atoms with van der Waals surface area (Å²) in [5.74, 6) is 0.537. The van der Waals surface area contributed by atoms with Gasteiger partial charge in [-0.2, -0.15) is 0 Å². The lowest BCUT2D eigenvalue weighted by molar-refractivity contribution is 0.0955. The summed E-state index contributed by atoms with van der Waals surface area (Å²) in [5, 5.41) is 0. The Morgan fingerprint density at radius 1 is 0.792 bits per heavy atom. The van der Waals surface area contributed by atoms with Crippen molar-refractivity contribution in [1.29, 1.82) is 0 Å². The van der Waals surface area contributed by atoms with Crippen molar-refractivity contribution < 1.29 is 9.53 Å². The van der Waals surface area contributed by atoms with Gasteiger partial charge in [0.1, 0.15) is 5.75 Å². The zero-order valence-corrected chi connectivity index (χ0v) is 14.0. The maximum Gasteiger partial charge on any atom is 0.192 e. The highest BCUT2D eigenvalue weighted by atomic mass is 35.5. The van der Waals surface area contributed by atoms with Gasteiger partial charge in [0.15, 0.2) is 10.7 Å². The Kier molecular flexibility index (Phi) is 4.68. The second-order valence-corrected chi connectivity index (χ2v) is 6.02. The molecule has 0 amide bonds. The number of rotatable bonds is 5. The van der Waals surface area contributed by atoms with E-state index in [1.165, 1.54) is 0 Å². The van der Waals surface area contributed by atoms with Crippen molar-refractivity contribution in [3.05, 3.63) is 102 Å². The molecule has 0 atom stereocenters. The molecular weight excluding hydrogens is 320 g/mol. The maximum atomic E-state index is 13.3. The number of benzene rings is 3. The molecule has 3 aromatic carbocycles. The molecule has 0 bridgehead atoms. The lowest BCUT2D eigenvalue weighted by Crippen LogP contribution is -2.31. The molecule has 0 heterocycles. The van der Waals surface area contributed by atoms with Crippen LogP contribution in [0.4, 0.5) is 0 Å². The number of ketones is 1. The van der Waals surface area contributed by atoms with E-state index in [-0.39, 0.29) is 5.78 Å². The number of alkyl halides is 1. The van der Waals surface area contributed by atoms with Crippen LogP contribution in [0.1, 0.15) is 21.5 Å². The van der Waals surface area contributed by atoms with Crippen LogP contribution in [0, 0.1) is 0 Å². The second kappa shape index (κ2) is 6.90. The van der Waals surface area contributed by atoms with Crippen molar-refractivity contribution in [1.82, 2.24) is 0 Å². The summed E-state index contributed by atoms with van der Waals surface area (Å²) in [7, 11) is 1.59. The van der Waals surface area contributed by atoms with Gasteiger partial charge in [-0.3, -0.25) is 4.79 Å². The summed E-state index contributed by atoms with van der Waals surface area (Å²) in [6.07, 6.45) is 0. The van der Waals surface area contributed by atoms with Gasteiger partial charge in [0.05, 0.1) is 7.11 Å². The SMILES string of the molecule is COc1ccc(C(=O)C(Cl)(c2ccccc2)c2ccccc2)cc1. The van der Waals surface area contributed by atoms with Crippen LogP contribution in [0.15, 0.2) is 84.9 Å². The standard InChI is InChI=1S/C21H17ClO2/c1-24-19-14-12-16(13-15-19)20(23)21(22,17-8-4-2-5-9-17)18-10-6-3-7-11-18/h2-15H,1H3. The van der Waals surface area contributed by atoms with E-state index in [1.807, 2.05) is 60.7 Å². The summed E-state index contributed by atoms with van der Waals surface area (Å²) < 4.78 is 5.16. The first kappa shape index (κ1) is 16.3. The third-order valence-corrected chi connectivity index (χ3v) is 4.62. The first-order valence-corrected chi connectivity index (χ1v) is 8.03. The summed E-state index contributed by atoms with van der Waals surface area (Å²) >= 11 is 6.97. The molecule has 3 rings (SSSR count). The van der Waals surface area contributed by atoms with Gasteiger partial charge in [-0.1, -0.05) is 72.3 Å². The molecule has 0 N–H and O–H groups in total. The van der Waals surface area contributed by atoms with Crippen LogP contribution in [0.3, 0.4) is 0 Å². The molecule has 3 heteroatoms. The number of carbonyl (C=O) groups excluding carboxylic acids is 1. The van der Waals surface area contributed by atoms with E-state index in [2.05, 4.69) is 0 Å². The topological polar surface area (TPSA) is 26.3 Å². The molecule has 0 fully saturated rings. The van der Waals surface area contributed by atoms with E-state index in [0.29, 0.717) is 11.3 Å². The van der Waals surface area contributed by atoms with Crippen LogP contribution >= 0.6 is 11.6 Å². The van der Waals surface area contributed by atoms with Crippen LogP contribution < -0.4 is 4.74 Å². The molecule has 24 heavy (non-hydrogen) atoms. The average molecular weight is 337 g/mol. The molecule has 2 nitrogen and oxygen atoms in total. The summed E-state index contributed by atoms with van der Waals surface area (Å²) in [6.45, 7) is 0. The molecule has 0 radical (unpaired) electrons. The largest absolute Gasteiger partial charge is 0.497 e. The predicted octanol–water partition coefficient (Wildman–Crippen LogP) is 5.06. The molecule has 0 spiro atoms. The van der Waals surface area contributed by atoms with Crippen molar-refractivity contribution in [3.63, 3.8) is 0 Å². The molecule has 0 aromatic heterocycles. The quantitative estimate of drug-likeness (QED) is 0.481. The van der Waals surface area contributed by atoms with Crippen LogP contribution in [0.25, 0.3) is 0 Å². The Balaban J connectivity index is 2.12. The Hall–Kier alpha value is -2.58. The third kappa shape index (κ3) is 2.93. The van der Waals surface area contributed by atoms with Crippen molar-refractivity contribution in [2.24, 2.45) is 0 Å². The Morgan fingerprint density at radius 3 is 1.67 bits per heavy atom. The van der Waals surface area contributed by atoms with Crippen molar-refractivity contribution in [2.45, 2.75) is 4.87 Å². The van der Waals surface area contributed by atoms with Gasteiger partial charge in [-0.15, -0.1) is 0 Å². The number of ether oxygens (including phenoxy) is 1. The van der Waals surface area contributed by atoms with E-state index in [4.69, 9.17) is 16.3 Å². The third-order valence-electron chi connectivity index (χ3n) is 4.01. The first-order chi connectivity index (χ1) is 11.7.